The van der Waals surface area contributed by atoms with Crippen LogP contribution in [0.5, 0.6) is 0 Å². The Morgan fingerprint density at radius 2 is 1.70 bits per heavy atom. The molecule has 0 atom stereocenters. The van der Waals surface area contributed by atoms with E-state index in [1.165, 1.54) is 5.69 Å². The molecule has 0 fully saturated rings. The molecule has 2 N–H and O–H groups in total. The smallest absolute Gasteiger partial charge is 0.136 e. The molecule has 0 bridgehead atoms. The van der Waals surface area contributed by atoms with Gasteiger partial charge in [0, 0.05) is 38.1 Å². The Morgan fingerprint density at radius 1 is 1.04 bits per heavy atom. The summed E-state index contributed by atoms with van der Waals surface area (Å²) in [5, 5.41) is 6.71. The molecule has 1 aromatic carbocycles. The van der Waals surface area contributed by atoms with Gasteiger partial charge in [-0.2, -0.15) is 0 Å². The summed E-state index contributed by atoms with van der Waals surface area (Å²) < 4.78 is 0. The van der Waals surface area contributed by atoms with Crippen molar-refractivity contribution >= 4 is 23.0 Å². The molecule has 0 unspecified atom stereocenters. The first-order chi connectivity index (χ1) is 10.9. The van der Waals surface area contributed by atoms with Crippen LogP contribution in [0.1, 0.15) is 26.1 Å². The molecule has 0 radical (unpaired) electrons. The van der Waals surface area contributed by atoms with Gasteiger partial charge in [-0.1, -0.05) is 13.8 Å². The Kier molecular flexibility index (Phi) is 5.79. The molecule has 0 spiro atoms. The lowest BCUT2D eigenvalue weighted by Gasteiger charge is -2.14. The topological polar surface area (TPSA) is 53.1 Å². The van der Waals surface area contributed by atoms with Crippen LogP contribution in [-0.2, 0) is 0 Å². The molecule has 0 aliphatic carbocycles. The van der Waals surface area contributed by atoms with Gasteiger partial charge in [-0.15, -0.1) is 0 Å². The quantitative estimate of drug-likeness (QED) is 0.807. The summed E-state index contributed by atoms with van der Waals surface area (Å²) in [5.74, 6) is 3.11. The van der Waals surface area contributed by atoms with Gasteiger partial charge in [0.2, 0.25) is 0 Å². The number of benzene rings is 1. The summed E-state index contributed by atoms with van der Waals surface area (Å²) in [6.45, 7) is 7.27. The van der Waals surface area contributed by atoms with Crippen molar-refractivity contribution in [1.29, 1.82) is 0 Å². The highest BCUT2D eigenvalue weighted by Gasteiger charge is 2.03. The van der Waals surface area contributed by atoms with Crippen LogP contribution in [0.2, 0.25) is 0 Å². The van der Waals surface area contributed by atoms with Gasteiger partial charge in [0.15, 0.2) is 0 Å². The van der Waals surface area contributed by atoms with Gasteiger partial charge < -0.3 is 15.5 Å². The van der Waals surface area contributed by atoms with Crippen LogP contribution in [0, 0.1) is 12.8 Å². The van der Waals surface area contributed by atoms with Gasteiger partial charge in [0.1, 0.15) is 17.5 Å². The van der Waals surface area contributed by atoms with E-state index in [1.54, 1.807) is 0 Å². The van der Waals surface area contributed by atoms with Crippen LogP contribution in [0.15, 0.2) is 30.3 Å². The SMILES string of the molecule is Cc1nc(NCCC(C)C)cc(Nc2ccc(N(C)C)cc2)n1. The Bertz CT molecular complexity index is 620. The molecule has 1 aromatic heterocycles. The van der Waals surface area contributed by atoms with Gasteiger partial charge in [0.05, 0.1) is 0 Å². The maximum absolute atomic E-state index is 4.46. The third-order valence-electron chi connectivity index (χ3n) is 3.52. The van der Waals surface area contributed by atoms with Gasteiger partial charge in [-0.3, -0.25) is 0 Å². The molecule has 0 amide bonds. The largest absolute Gasteiger partial charge is 0.378 e. The van der Waals surface area contributed by atoms with Crippen molar-refractivity contribution in [3.8, 4) is 0 Å². The number of nitrogens with zero attached hydrogens (tertiary/aromatic N) is 3. The van der Waals surface area contributed by atoms with E-state index < -0.39 is 0 Å². The van der Waals surface area contributed by atoms with Gasteiger partial charge in [-0.05, 0) is 43.5 Å². The molecule has 0 saturated heterocycles. The van der Waals surface area contributed by atoms with Crippen molar-refractivity contribution in [2.24, 2.45) is 5.92 Å². The fraction of sp³-hybridized carbons (Fsp3) is 0.444. The maximum Gasteiger partial charge on any atom is 0.136 e. The van der Waals surface area contributed by atoms with E-state index in [9.17, 15) is 0 Å². The normalized spacial score (nSPS) is 10.7. The highest BCUT2D eigenvalue weighted by atomic mass is 15.1. The zero-order chi connectivity index (χ0) is 16.8. The number of anilines is 4. The van der Waals surface area contributed by atoms with Crippen molar-refractivity contribution in [2.75, 3.05) is 36.2 Å². The second-order valence-electron chi connectivity index (χ2n) is 6.36. The minimum Gasteiger partial charge on any atom is -0.378 e. The molecule has 0 saturated carbocycles. The van der Waals surface area contributed by atoms with Gasteiger partial charge in [-0.25, -0.2) is 9.97 Å². The Balaban J connectivity index is 2.05. The van der Waals surface area contributed by atoms with Crippen molar-refractivity contribution in [2.45, 2.75) is 27.2 Å². The highest BCUT2D eigenvalue weighted by molar-refractivity contribution is 5.62. The van der Waals surface area contributed by atoms with Gasteiger partial charge >= 0.3 is 0 Å². The molecule has 124 valence electrons. The van der Waals surface area contributed by atoms with Crippen molar-refractivity contribution in [1.82, 2.24) is 9.97 Å². The zero-order valence-electron chi connectivity index (χ0n) is 14.7. The van der Waals surface area contributed by atoms with Crippen molar-refractivity contribution in [3.63, 3.8) is 0 Å². The van der Waals surface area contributed by atoms with Crippen LogP contribution in [0.3, 0.4) is 0 Å². The summed E-state index contributed by atoms with van der Waals surface area (Å²) in [7, 11) is 4.07. The predicted molar refractivity (Wildman–Crippen MR) is 98.8 cm³/mol. The van der Waals surface area contributed by atoms with Crippen LogP contribution >= 0.6 is 0 Å². The summed E-state index contributed by atoms with van der Waals surface area (Å²) >= 11 is 0. The van der Waals surface area contributed by atoms with E-state index in [1.807, 2.05) is 27.1 Å². The summed E-state index contributed by atoms with van der Waals surface area (Å²) in [4.78, 5) is 11.0. The van der Waals surface area contributed by atoms with E-state index in [-0.39, 0.29) is 0 Å². The maximum atomic E-state index is 4.46. The second kappa shape index (κ2) is 7.81. The minimum absolute atomic E-state index is 0.679. The summed E-state index contributed by atoms with van der Waals surface area (Å²) in [5.41, 5.74) is 2.19. The Hall–Kier alpha value is -2.30. The second-order valence-corrected chi connectivity index (χ2v) is 6.36. The van der Waals surface area contributed by atoms with E-state index in [0.29, 0.717) is 5.92 Å². The molecule has 5 nitrogen and oxygen atoms in total. The molecule has 23 heavy (non-hydrogen) atoms. The van der Waals surface area contributed by atoms with Gasteiger partial charge in [0.25, 0.3) is 0 Å². The molecule has 1 heterocycles. The van der Waals surface area contributed by atoms with Crippen LogP contribution < -0.4 is 15.5 Å². The van der Waals surface area contributed by atoms with Crippen LogP contribution in [0.25, 0.3) is 0 Å². The van der Waals surface area contributed by atoms with Crippen LogP contribution in [0.4, 0.5) is 23.0 Å². The number of nitrogens with one attached hydrogen (secondary N) is 2. The lowest BCUT2D eigenvalue weighted by Crippen LogP contribution is -2.09. The monoisotopic (exact) mass is 313 g/mol. The van der Waals surface area contributed by atoms with E-state index in [0.717, 1.165) is 36.1 Å². The molecular formula is C18H27N5. The average molecular weight is 313 g/mol. The lowest BCUT2D eigenvalue weighted by molar-refractivity contribution is 0.606. The van der Waals surface area contributed by atoms with E-state index >= 15 is 0 Å². The van der Waals surface area contributed by atoms with Crippen molar-refractivity contribution < 1.29 is 0 Å². The molecule has 2 aromatic rings. The summed E-state index contributed by atoms with van der Waals surface area (Å²) in [6, 6.07) is 10.2. The number of hydrogen-bond donors (Lipinski definition) is 2. The van der Waals surface area contributed by atoms with E-state index in [2.05, 4.69) is 63.6 Å². The van der Waals surface area contributed by atoms with Crippen LogP contribution in [-0.4, -0.2) is 30.6 Å². The fourth-order valence-electron chi connectivity index (χ4n) is 2.20. The third-order valence-corrected chi connectivity index (χ3v) is 3.52. The first-order valence-corrected chi connectivity index (χ1v) is 8.08. The number of rotatable bonds is 7. The molecule has 0 aliphatic rings. The number of aromatic nitrogens is 2. The number of aryl methyl sites for hydroxylation is 1. The third kappa shape index (κ3) is 5.43. The minimum atomic E-state index is 0.679. The average Bonchev–Trinajstić information content (AvgIpc) is 2.46. The van der Waals surface area contributed by atoms with Crippen molar-refractivity contribution in [3.05, 3.63) is 36.2 Å². The first kappa shape index (κ1) is 17.1. The first-order valence-electron chi connectivity index (χ1n) is 8.08. The highest BCUT2D eigenvalue weighted by Crippen LogP contribution is 2.20. The lowest BCUT2D eigenvalue weighted by atomic mass is 10.1. The fourth-order valence-corrected chi connectivity index (χ4v) is 2.20. The molecule has 2 rings (SSSR count). The molecule has 0 aliphatic heterocycles. The molecular weight excluding hydrogens is 286 g/mol. The Labute approximate surface area is 139 Å². The summed E-state index contributed by atoms with van der Waals surface area (Å²) in [6.07, 6.45) is 1.12. The molecule has 5 heteroatoms. The van der Waals surface area contributed by atoms with E-state index in [4.69, 9.17) is 0 Å². The number of hydrogen-bond acceptors (Lipinski definition) is 5. The zero-order valence-corrected chi connectivity index (χ0v) is 14.7. The predicted octanol–water partition coefficient (Wildman–Crippen LogP) is 4.05. The Morgan fingerprint density at radius 3 is 2.30 bits per heavy atom. The standard InChI is InChI=1S/C18H27N5/c1-13(2)10-11-19-17-12-18(21-14(3)20-17)22-15-6-8-16(9-7-15)23(4)5/h6-9,12-13H,10-11H2,1-5H3,(H2,19,20,21,22).